The van der Waals surface area contributed by atoms with Crippen molar-refractivity contribution in [3.8, 4) is 5.75 Å². The van der Waals surface area contributed by atoms with Gasteiger partial charge in [-0.1, -0.05) is 12.1 Å². The number of hydrogen-bond acceptors (Lipinski definition) is 4. The van der Waals surface area contributed by atoms with E-state index in [1.165, 1.54) is 6.26 Å². The Morgan fingerprint density at radius 3 is 3.11 bits per heavy atom. The summed E-state index contributed by atoms with van der Waals surface area (Å²) in [5, 5.41) is 2.65. The molecular formula is C13H14N2O3. The number of carbonyl (C=O) groups is 1. The molecule has 0 spiro atoms. The van der Waals surface area contributed by atoms with Crippen molar-refractivity contribution in [1.29, 1.82) is 0 Å². The van der Waals surface area contributed by atoms with E-state index in [0.29, 0.717) is 18.8 Å². The van der Waals surface area contributed by atoms with Crippen molar-refractivity contribution < 1.29 is 13.9 Å². The maximum Gasteiger partial charge on any atom is 0.207 e. The van der Waals surface area contributed by atoms with Crippen LogP contribution in [0.4, 0.5) is 0 Å². The molecule has 18 heavy (non-hydrogen) atoms. The molecule has 0 bridgehead atoms. The van der Waals surface area contributed by atoms with Crippen LogP contribution in [0.5, 0.6) is 5.75 Å². The summed E-state index contributed by atoms with van der Waals surface area (Å²) in [6, 6.07) is 7.61. The molecule has 1 atom stereocenters. The molecule has 1 aromatic carbocycles. The standard InChI is InChI=1S/C13H14N2O3/c1-17-11-4-2-3-10(7-11)12(8-14-9-16)13-15-5-6-18-13/h2-7,9,12H,8H2,1H3,(H,14,16). The smallest absolute Gasteiger partial charge is 0.207 e. The van der Waals surface area contributed by atoms with Gasteiger partial charge in [0.1, 0.15) is 12.0 Å². The van der Waals surface area contributed by atoms with Crippen LogP contribution in [0, 0.1) is 0 Å². The van der Waals surface area contributed by atoms with Gasteiger partial charge in [-0.2, -0.15) is 0 Å². The van der Waals surface area contributed by atoms with Crippen LogP contribution in [0.25, 0.3) is 0 Å². The number of carbonyl (C=O) groups excluding carboxylic acids is 1. The molecule has 94 valence electrons. The predicted octanol–water partition coefficient (Wildman–Crippen LogP) is 1.56. The fourth-order valence-corrected chi connectivity index (χ4v) is 1.78. The summed E-state index contributed by atoms with van der Waals surface area (Å²) in [7, 11) is 1.61. The molecule has 2 rings (SSSR count). The van der Waals surface area contributed by atoms with Crippen molar-refractivity contribution >= 4 is 6.41 Å². The van der Waals surface area contributed by atoms with E-state index >= 15 is 0 Å². The van der Waals surface area contributed by atoms with Crippen molar-refractivity contribution in [1.82, 2.24) is 10.3 Å². The fourth-order valence-electron chi connectivity index (χ4n) is 1.78. The average molecular weight is 246 g/mol. The van der Waals surface area contributed by atoms with E-state index in [9.17, 15) is 4.79 Å². The van der Waals surface area contributed by atoms with Gasteiger partial charge in [0.05, 0.1) is 19.2 Å². The van der Waals surface area contributed by atoms with Crippen LogP contribution >= 0.6 is 0 Å². The monoisotopic (exact) mass is 246 g/mol. The van der Waals surface area contributed by atoms with E-state index in [1.807, 2.05) is 24.3 Å². The van der Waals surface area contributed by atoms with Crippen molar-refractivity contribution in [2.75, 3.05) is 13.7 Å². The number of nitrogens with zero attached hydrogens (tertiary/aromatic N) is 1. The van der Waals surface area contributed by atoms with Gasteiger partial charge in [-0.15, -0.1) is 0 Å². The highest BCUT2D eigenvalue weighted by Gasteiger charge is 2.18. The average Bonchev–Trinajstić information content (AvgIpc) is 2.93. The van der Waals surface area contributed by atoms with Gasteiger partial charge in [0, 0.05) is 6.54 Å². The normalized spacial score (nSPS) is 11.8. The third-order valence-electron chi connectivity index (χ3n) is 2.65. The van der Waals surface area contributed by atoms with Gasteiger partial charge in [-0.25, -0.2) is 4.98 Å². The Kier molecular flexibility index (Phi) is 3.96. The lowest BCUT2D eigenvalue weighted by Gasteiger charge is -2.14. The van der Waals surface area contributed by atoms with Crippen LogP contribution in [-0.2, 0) is 4.79 Å². The highest BCUT2D eigenvalue weighted by atomic mass is 16.5. The lowest BCUT2D eigenvalue weighted by molar-refractivity contribution is -0.109. The molecule has 0 aliphatic carbocycles. The molecule has 1 amide bonds. The van der Waals surface area contributed by atoms with Crippen LogP contribution in [0.3, 0.4) is 0 Å². The van der Waals surface area contributed by atoms with Gasteiger partial charge >= 0.3 is 0 Å². The molecule has 0 aliphatic rings. The van der Waals surface area contributed by atoms with Crippen molar-refractivity contribution in [3.05, 3.63) is 48.2 Å². The van der Waals surface area contributed by atoms with Crippen LogP contribution in [0.15, 0.2) is 41.1 Å². The van der Waals surface area contributed by atoms with Crippen molar-refractivity contribution in [3.63, 3.8) is 0 Å². The summed E-state index contributed by atoms with van der Waals surface area (Å²) in [6.07, 6.45) is 3.77. The third-order valence-corrected chi connectivity index (χ3v) is 2.65. The Labute approximate surface area is 105 Å². The topological polar surface area (TPSA) is 64.4 Å². The number of ether oxygens (including phenoxy) is 1. The van der Waals surface area contributed by atoms with E-state index in [2.05, 4.69) is 10.3 Å². The predicted molar refractivity (Wildman–Crippen MR) is 65.4 cm³/mol. The summed E-state index contributed by atoms with van der Waals surface area (Å²) in [5.41, 5.74) is 0.978. The fraction of sp³-hybridized carbons (Fsp3) is 0.231. The molecule has 0 radical (unpaired) electrons. The summed E-state index contributed by atoms with van der Waals surface area (Å²) < 4.78 is 10.5. The molecule has 0 saturated carbocycles. The summed E-state index contributed by atoms with van der Waals surface area (Å²) in [5.74, 6) is 1.20. The minimum atomic E-state index is -0.125. The number of aromatic nitrogens is 1. The number of methoxy groups -OCH3 is 1. The number of benzene rings is 1. The second kappa shape index (κ2) is 5.86. The lowest BCUT2D eigenvalue weighted by atomic mass is 9.99. The molecule has 1 aromatic heterocycles. The van der Waals surface area contributed by atoms with Gasteiger partial charge in [0.15, 0.2) is 0 Å². The minimum Gasteiger partial charge on any atom is -0.497 e. The second-order valence-electron chi connectivity index (χ2n) is 3.73. The zero-order chi connectivity index (χ0) is 12.8. The van der Waals surface area contributed by atoms with Crippen LogP contribution in [0.2, 0.25) is 0 Å². The first-order chi connectivity index (χ1) is 8.85. The van der Waals surface area contributed by atoms with Gasteiger partial charge in [0.25, 0.3) is 0 Å². The number of nitrogens with one attached hydrogen (secondary N) is 1. The Hall–Kier alpha value is -2.30. The molecule has 0 aliphatic heterocycles. The second-order valence-corrected chi connectivity index (χ2v) is 3.73. The van der Waals surface area contributed by atoms with Crippen LogP contribution < -0.4 is 10.1 Å². The highest BCUT2D eigenvalue weighted by Crippen LogP contribution is 2.25. The lowest BCUT2D eigenvalue weighted by Crippen LogP contribution is -2.21. The van der Waals surface area contributed by atoms with Gasteiger partial charge < -0.3 is 14.5 Å². The first-order valence-corrected chi connectivity index (χ1v) is 5.55. The molecule has 5 heteroatoms. The molecule has 1 N–H and O–H groups in total. The molecule has 1 unspecified atom stereocenters. The largest absolute Gasteiger partial charge is 0.497 e. The van der Waals surface area contributed by atoms with Crippen LogP contribution in [-0.4, -0.2) is 25.0 Å². The maximum absolute atomic E-state index is 10.4. The quantitative estimate of drug-likeness (QED) is 0.786. The van der Waals surface area contributed by atoms with Crippen LogP contribution in [0.1, 0.15) is 17.4 Å². The van der Waals surface area contributed by atoms with E-state index in [4.69, 9.17) is 9.15 Å². The third kappa shape index (κ3) is 2.68. The minimum absolute atomic E-state index is 0.125. The maximum atomic E-state index is 10.4. The van der Waals surface area contributed by atoms with E-state index < -0.39 is 0 Å². The van der Waals surface area contributed by atoms with Gasteiger partial charge in [0.2, 0.25) is 12.3 Å². The number of oxazole rings is 1. The Balaban J connectivity index is 2.30. The van der Waals surface area contributed by atoms with Crippen molar-refractivity contribution in [2.45, 2.75) is 5.92 Å². The Morgan fingerprint density at radius 2 is 2.44 bits per heavy atom. The van der Waals surface area contributed by atoms with Gasteiger partial charge in [-0.05, 0) is 17.7 Å². The summed E-state index contributed by atoms with van der Waals surface area (Å²) in [6.45, 7) is 0.428. The molecular weight excluding hydrogens is 232 g/mol. The molecule has 1 heterocycles. The van der Waals surface area contributed by atoms with E-state index in [1.54, 1.807) is 13.3 Å². The molecule has 5 nitrogen and oxygen atoms in total. The molecule has 0 saturated heterocycles. The summed E-state index contributed by atoms with van der Waals surface area (Å²) in [4.78, 5) is 14.6. The van der Waals surface area contributed by atoms with E-state index in [-0.39, 0.29) is 5.92 Å². The number of rotatable bonds is 6. The first kappa shape index (κ1) is 12.2. The highest BCUT2D eigenvalue weighted by molar-refractivity contribution is 5.46. The Morgan fingerprint density at radius 1 is 1.56 bits per heavy atom. The van der Waals surface area contributed by atoms with Crippen molar-refractivity contribution in [2.24, 2.45) is 0 Å². The SMILES string of the molecule is COc1cccc(C(CNC=O)c2ncco2)c1. The number of amides is 1. The summed E-state index contributed by atoms with van der Waals surface area (Å²) >= 11 is 0. The molecule has 0 fully saturated rings. The zero-order valence-electron chi connectivity index (χ0n) is 10.00. The molecule has 2 aromatic rings. The Bertz CT molecular complexity index is 497. The zero-order valence-corrected chi connectivity index (χ0v) is 10.00. The number of hydrogen-bond donors (Lipinski definition) is 1. The first-order valence-electron chi connectivity index (χ1n) is 5.55. The van der Waals surface area contributed by atoms with E-state index in [0.717, 1.165) is 11.3 Å². The van der Waals surface area contributed by atoms with Gasteiger partial charge in [-0.3, -0.25) is 4.79 Å².